The second kappa shape index (κ2) is 6.29. The number of esters is 1. The molecule has 0 aliphatic carbocycles. The second-order valence-electron chi connectivity index (χ2n) is 3.04. The van der Waals surface area contributed by atoms with Gasteiger partial charge in [-0.3, -0.25) is 0 Å². The van der Waals surface area contributed by atoms with Gasteiger partial charge in [-0.1, -0.05) is 20.3 Å². The van der Waals surface area contributed by atoms with Crippen LogP contribution in [0.5, 0.6) is 0 Å². The van der Waals surface area contributed by atoms with Crippen molar-refractivity contribution < 1.29 is 19.4 Å². The van der Waals surface area contributed by atoms with E-state index >= 15 is 0 Å². The van der Waals surface area contributed by atoms with Crippen molar-refractivity contribution in [2.45, 2.75) is 33.3 Å². The van der Waals surface area contributed by atoms with E-state index in [4.69, 9.17) is 5.53 Å². The van der Waals surface area contributed by atoms with Gasteiger partial charge in [0.15, 0.2) is 6.10 Å². The largest absolute Gasteiger partial charge is 0.457 e. The van der Waals surface area contributed by atoms with Crippen molar-refractivity contribution >= 4 is 11.7 Å². The Bertz CT molecular complexity index is 246. The summed E-state index contributed by atoms with van der Waals surface area (Å²) in [6.07, 6.45) is -0.399. The van der Waals surface area contributed by atoms with Crippen LogP contribution in [0.3, 0.4) is 0 Å². The molecule has 0 heterocycles. The molecule has 0 aromatic rings. The van der Waals surface area contributed by atoms with Crippen LogP contribution in [0.25, 0.3) is 5.53 Å². The fourth-order valence-corrected chi connectivity index (χ4v) is 0.919. The third-order valence-electron chi connectivity index (χ3n) is 2.06. The number of rotatable bonds is 5. The van der Waals surface area contributed by atoms with Gasteiger partial charge in [0.1, 0.15) is 0 Å². The van der Waals surface area contributed by atoms with Crippen LogP contribution in [0.1, 0.15) is 27.2 Å². The highest BCUT2D eigenvalue weighted by Gasteiger charge is 2.34. The van der Waals surface area contributed by atoms with Crippen LogP contribution in [0, 0.1) is 5.92 Å². The summed E-state index contributed by atoms with van der Waals surface area (Å²) in [6, 6.07) is 0. The predicted octanol–water partition coefficient (Wildman–Crippen LogP) is 0.627. The van der Waals surface area contributed by atoms with E-state index in [0.29, 0.717) is 6.42 Å². The topological polar surface area (TPSA) is 82.9 Å². The number of hydrogen-bond donors (Lipinski definition) is 1. The third kappa shape index (κ3) is 3.28. The minimum absolute atomic E-state index is 0.148. The van der Waals surface area contributed by atoms with Crippen molar-refractivity contribution in [1.29, 1.82) is 0 Å². The molecule has 0 fully saturated rings. The second-order valence-corrected chi connectivity index (χ2v) is 3.04. The molecule has 5 heteroatoms. The van der Waals surface area contributed by atoms with E-state index in [1.807, 2.05) is 6.92 Å². The minimum atomic E-state index is -1.08. The molecular weight excluding hydrogens is 184 g/mol. The molecule has 14 heavy (non-hydrogen) atoms. The molecule has 2 atom stereocenters. The fourth-order valence-electron chi connectivity index (χ4n) is 0.919. The maximum Gasteiger partial charge on any atom is 0.419 e. The molecule has 0 amide bonds. The van der Waals surface area contributed by atoms with Crippen LogP contribution in [0.2, 0.25) is 0 Å². The zero-order valence-corrected chi connectivity index (χ0v) is 8.73. The molecular formula is C9H16N2O3. The number of aliphatic hydroxyl groups is 1. The van der Waals surface area contributed by atoms with Crippen molar-refractivity contribution in [2.24, 2.45) is 5.92 Å². The summed E-state index contributed by atoms with van der Waals surface area (Å²) in [5.41, 5.74) is 8.23. The minimum Gasteiger partial charge on any atom is -0.457 e. The van der Waals surface area contributed by atoms with Gasteiger partial charge < -0.3 is 15.4 Å². The fraction of sp³-hybridized carbons (Fsp3) is 0.778. The summed E-state index contributed by atoms with van der Waals surface area (Å²) in [6.45, 7) is 5.46. The Morgan fingerprint density at radius 2 is 2.14 bits per heavy atom. The molecule has 1 N–H and O–H groups in total. The van der Waals surface area contributed by atoms with Crippen molar-refractivity contribution in [2.75, 3.05) is 6.61 Å². The van der Waals surface area contributed by atoms with E-state index in [2.05, 4.69) is 9.53 Å². The average Bonchev–Trinajstić information content (AvgIpc) is 2.18. The van der Waals surface area contributed by atoms with Gasteiger partial charge in [0, 0.05) is 0 Å². The molecule has 0 saturated heterocycles. The first-order valence-electron chi connectivity index (χ1n) is 4.65. The summed E-state index contributed by atoms with van der Waals surface area (Å²) >= 11 is 0. The van der Waals surface area contributed by atoms with Crippen LogP contribution in [0.4, 0.5) is 0 Å². The van der Waals surface area contributed by atoms with Gasteiger partial charge >= 0.3 is 11.7 Å². The molecule has 5 nitrogen and oxygen atoms in total. The average molecular weight is 200 g/mol. The van der Waals surface area contributed by atoms with Gasteiger partial charge in [-0.2, -0.15) is 4.79 Å². The molecule has 0 radical (unpaired) electrons. The molecule has 0 bridgehead atoms. The van der Waals surface area contributed by atoms with Gasteiger partial charge in [-0.05, 0) is 12.8 Å². The van der Waals surface area contributed by atoms with E-state index < -0.39 is 12.1 Å². The molecule has 0 rings (SSSR count). The standard InChI is InChI=1S/C9H16N2O3/c1-4-6(3)8(12)7(11-10)9(13)14-5-2/h6,8,12H,4-5H2,1-3H3. The normalized spacial score (nSPS) is 14.0. The zero-order chi connectivity index (χ0) is 11.1. The molecule has 0 saturated carbocycles. The highest BCUT2D eigenvalue weighted by Crippen LogP contribution is 2.08. The van der Waals surface area contributed by atoms with Crippen LogP contribution in [-0.4, -0.2) is 34.3 Å². The number of carbonyl (C=O) groups is 1. The van der Waals surface area contributed by atoms with Crippen molar-refractivity contribution in [1.82, 2.24) is 0 Å². The van der Waals surface area contributed by atoms with Crippen molar-refractivity contribution in [3.8, 4) is 0 Å². The number of aliphatic hydroxyl groups excluding tert-OH is 1. The molecule has 0 aromatic heterocycles. The Morgan fingerprint density at radius 1 is 1.57 bits per heavy atom. The molecule has 2 unspecified atom stereocenters. The lowest BCUT2D eigenvalue weighted by atomic mass is 9.98. The molecule has 0 aromatic carbocycles. The summed E-state index contributed by atoms with van der Waals surface area (Å²) in [5, 5.41) is 9.58. The lowest BCUT2D eigenvalue weighted by Gasteiger charge is -2.11. The summed E-state index contributed by atoms with van der Waals surface area (Å²) in [7, 11) is 0. The Morgan fingerprint density at radius 3 is 2.50 bits per heavy atom. The molecule has 80 valence electrons. The van der Waals surface area contributed by atoms with Gasteiger partial charge in [0.05, 0.1) is 6.61 Å². The monoisotopic (exact) mass is 200 g/mol. The Kier molecular flexibility index (Phi) is 5.76. The van der Waals surface area contributed by atoms with Crippen LogP contribution in [-0.2, 0) is 9.53 Å². The zero-order valence-electron chi connectivity index (χ0n) is 8.73. The van der Waals surface area contributed by atoms with Crippen molar-refractivity contribution in [3.05, 3.63) is 5.53 Å². The number of ether oxygens (including phenoxy) is 1. The van der Waals surface area contributed by atoms with Gasteiger partial charge in [0.2, 0.25) is 0 Å². The summed E-state index contributed by atoms with van der Waals surface area (Å²) in [4.78, 5) is 13.9. The molecule has 0 aliphatic rings. The van der Waals surface area contributed by atoms with Crippen LogP contribution >= 0.6 is 0 Å². The Balaban J connectivity index is 4.58. The summed E-state index contributed by atoms with van der Waals surface area (Å²) in [5.74, 6) is -0.923. The quantitative estimate of drug-likeness (QED) is 0.306. The van der Waals surface area contributed by atoms with Gasteiger partial charge in [-0.25, -0.2) is 4.79 Å². The molecule has 0 spiro atoms. The van der Waals surface area contributed by atoms with Gasteiger partial charge in [0.25, 0.3) is 0 Å². The number of carbonyl (C=O) groups excluding carboxylic acids is 1. The smallest absolute Gasteiger partial charge is 0.419 e. The maximum absolute atomic E-state index is 11.2. The van der Waals surface area contributed by atoms with Crippen LogP contribution in [0.15, 0.2) is 0 Å². The van der Waals surface area contributed by atoms with E-state index in [1.54, 1.807) is 13.8 Å². The van der Waals surface area contributed by atoms with E-state index in [-0.39, 0.29) is 18.2 Å². The van der Waals surface area contributed by atoms with E-state index in [1.165, 1.54) is 0 Å². The Hall–Kier alpha value is -1.19. The highest BCUT2D eigenvalue weighted by molar-refractivity contribution is 6.35. The number of hydrogen-bond acceptors (Lipinski definition) is 3. The first kappa shape index (κ1) is 12.8. The maximum atomic E-state index is 11.2. The van der Waals surface area contributed by atoms with Crippen molar-refractivity contribution in [3.63, 3.8) is 0 Å². The third-order valence-corrected chi connectivity index (χ3v) is 2.06. The first-order valence-corrected chi connectivity index (χ1v) is 4.65. The number of nitrogens with zero attached hydrogens (tertiary/aromatic N) is 2. The highest BCUT2D eigenvalue weighted by atomic mass is 16.5. The van der Waals surface area contributed by atoms with Gasteiger partial charge in [-0.15, -0.1) is 0 Å². The predicted molar refractivity (Wildman–Crippen MR) is 50.7 cm³/mol. The first-order chi connectivity index (χ1) is 6.58. The summed E-state index contributed by atoms with van der Waals surface area (Å²) < 4.78 is 4.62. The molecule has 0 aliphatic heterocycles. The van der Waals surface area contributed by atoms with E-state index in [9.17, 15) is 9.90 Å². The van der Waals surface area contributed by atoms with E-state index in [0.717, 1.165) is 0 Å². The lowest BCUT2D eigenvalue weighted by Crippen LogP contribution is -2.35. The lowest BCUT2D eigenvalue weighted by molar-refractivity contribution is -0.141. The SMILES string of the molecule is CCOC(=O)C(=[N+]=[N-])C(O)C(C)CC. The van der Waals surface area contributed by atoms with Crippen LogP contribution < -0.4 is 0 Å². The Labute approximate surface area is 83.3 Å².